The molecule has 0 saturated carbocycles. The first-order chi connectivity index (χ1) is 11.0. The molecule has 3 aromatic rings. The number of hydrogen-bond acceptors (Lipinski definition) is 4. The highest BCUT2D eigenvalue weighted by atomic mass is 32.2. The van der Waals surface area contributed by atoms with E-state index in [0.29, 0.717) is 17.7 Å². The van der Waals surface area contributed by atoms with Crippen molar-refractivity contribution in [1.82, 2.24) is 18.7 Å². The molecule has 0 amide bonds. The normalized spacial score (nSPS) is 11.3. The maximum Gasteiger partial charge on any atom is 0.332 e. The molecule has 0 aliphatic rings. The highest BCUT2D eigenvalue weighted by Gasteiger charge is 2.18. The van der Waals surface area contributed by atoms with Gasteiger partial charge < -0.3 is 4.57 Å². The molecule has 2 heterocycles. The molecule has 0 aliphatic heterocycles. The van der Waals surface area contributed by atoms with E-state index < -0.39 is 0 Å². The summed E-state index contributed by atoms with van der Waals surface area (Å²) < 4.78 is 4.43. The van der Waals surface area contributed by atoms with Gasteiger partial charge in [0.2, 0.25) is 0 Å². The zero-order chi connectivity index (χ0) is 16.6. The molecule has 2 aromatic heterocycles. The van der Waals surface area contributed by atoms with Gasteiger partial charge in [-0.1, -0.05) is 42.1 Å². The molecule has 0 saturated heterocycles. The molecule has 3 rings (SSSR count). The van der Waals surface area contributed by atoms with E-state index in [-0.39, 0.29) is 11.2 Å². The quantitative estimate of drug-likeness (QED) is 0.684. The molecule has 6 nitrogen and oxygen atoms in total. The van der Waals surface area contributed by atoms with Gasteiger partial charge in [0.05, 0.1) is 0 Å². The Morgan fingerprint density at radius 2 is 1.78 bits per heavy atom. The molecule has 0 unspecified atom stereocenters. The van der Waals surface area contributed by atoms with Crippen molar-refractivity contribution in [3.05, 3.63) is 56.7 Å². The SMILES string of the molecule is CCn1c(SCc2ccccc2)nc2c1c(=O)n(C)c(=O)n2C. The van der Waals surface area contributed by atoms with Crippen molar-refractivity contribution in [3.8, 4) is 0 Å². The number of benzene rings is 1. The van der Waals surface area contributed by atoms with E-state index in [9.17, 15) is 9.59 Å². The van der Waals surface area contributed by atoms with E-state index in [1.807, 2.05) is 29.7 Å². The van der Waals surface area contributed by atoms with Crippen LogP contribution in [0.4, 0.5) is 0 Å². The van der Waals surface area contributed by atoms with E-state index in [1.54, 1.807) is 18.8 Å². The Morgan fingerprint density at radius 1 is 1.09 bits per heavy atom. The molecule has 0 N–H and O–H groups in total. The molecule has 0 spiro atoms. The summed E-state index contributed by atoms with van der Waals surface area (Å²) >= 11 is 1.57. The first-order valence-electron chi connectivity index (χ1n) is 7.37. The molecule has 7 heteroatoms. The summed E-state index contributed by atoms with van der Waals surface area (Å²) in [6.45, 7) is 2.60. The van der Waals surface area contributed by atoms with Gasteiger partial charge >= 0.3 is 5.69 Å². The number of imidazole rings is 1. The molecular formula is C16H18N4O2S. The summed E-state index contributed by atoms with van der Waals surface area (Å²) in [5.74, 6) is 0.762. The fourth-order valence-corrected chi connectivity index (χ4v) is 3.57. The Kier molecular flexibility index (Phi) is 4.12. The van der Waals surface area contributed by atoms with Crippen molar-refractivity contribution in [2.75, 3.05) is 0 Å². The number of aryl methyl sites for hydroxylation is 2. The van der Waals surface area contributed by atoms with Crippen LogP contribution in [0.5, 0.6) is 0 Å². The van der Waals surface area contributed by atoms with Crippen LogP contribution in [0.25, 0.3) is 11.2 Å². The van der Waals surface area contributed by atoms with Crippen LogP contribution in [0.2, 0.25) is 0 Å². The molecule has 0 bridgehead atoms. The molecular weight excluding hydrogens is 312 g/mol. The lowest BCUT2D eigenvalue weighted by Crippen LogP contribution is -2.37. The van der Waals surface area contributed by atoms with Crippen LogP contribution in [-0.4, -0.2) is 18.7 Å². The highest BCUT2D eigenvalue weighted by molar-refractivity contribution is 7.98. The van der Waals surface area contributed by atoms with Gasteiger partial charge in [-0.05, 0) is 12.5 Å². The fourth-order valence-electron chi connectivity index (χ4n) is 2.55. The number of nitrogens with zero attached hydrogens (tertiary/aromatic N) is 4. The lowest BCUT2D eigenvalue weighted by atomic mass is 10.2. The molecule has 0 aliphatic carbocycles. The van der Waals surface area contributed by atoms with E-state index in [2.05, 4.69) is 17.1 Å². The van der Waals surface area contributed by atoms with Gasteiger partial charge in [0.15, 0.2) is 16.3 Å². The zero-order valence-corrected chi connectivity index (χ0v) is 14.1. The molecule has 0 radical (unpaired) electrons. The summed E-state index contributed by atoms with van der Waals surface area (Å²) in [7, 11) is 3.14. The maximum atomic E-state index is 12.4. The Hall–Kier alpha value is -2.28. The lowest BCUT2D eigenvalue weighted by molar-refractivity contribution is 0.684. The third kappa shape index (κ3) is 2.61. The fraction of sp³-hybridized carbons (Fsp3) is 0.312. The van der Waals surface area contributed by atoms with Gasteiger partial charge in [0.25, 0.3) is 5.56 Å². The van der Waals surface area contributed by atoms with Crippen LogP contribution in [0, 0.1) is 0 Å². The second-order valence-electron chi connectivity index (χ2n) is 5.29. The Labute approximate surface area is 137 Å². The van der Waals surface area contributed by atoms with Crippen molar-refractivity contribution in [2.24, 2.45) is 14.1 Å². The summed E-state index contributed by atoms with van der Waals surface area (Å²) in [5.41, 5.74) is 1.45. The van der Waals surface area contributed by atoms with E-state index >= 15 is 0 Å². The zero-order valence-electron chi connectivity index (χ0n) is 13.3. The summed E-state index contributed by atoms with van der Waals surface area (Å²) in [6.07, 6.45) is 0. The maximum absolute atomic E-state index is 12.4. The third-order valence-electron chi connectivity index (χ3n) is 3.84. The standard InChI is InChI=1S/C16H18N4O2S/c1-4-20-12-13(18(2)16(22)19(3)14(12)21)17-15(20)23-10-11-8-6-5-7-9-11/h5-9H,4,10H2,1-3H3. The van der Waals surface area contributed by atoms with Crippen LogP contribution < -0.4 is 11.2 Å². The Morgan fingerprint density at radius 3 is 2.43 bits per heavy atom. The lowest BCUT2D eigenvalue weighted by Gasteiger charge is -2.06. The van der Waals surface area contributed by atoms with Crippen molar-refractivity contribution < 1.29 is 0 Å². The van der Waals surface area contributed by atoms with Crippen LogP contribution in [-0.2, 0) is 26.4 Å². The largest absolute Gasteiger partial charge is 0.332 e. The van der Waals surface area contributed by atoms with E-state index in [4.69, 9.17) is 0 Å². The van der Waals surface area contributed by atoms with Gasteiger partial charge in [0.1, 0.15) is 0 Å². The predicted octanol–water partition coefficient (Wildman–Crippen LogP) is 1.75. The number of hydrogen-bond donors (Lipinski definition) is 0. The van der Waals surface area contributed by atoms with Crippen molar-refractivity contribution in [3.63, 3.8) is 0 Å². The van der Waals surface area contributed by atoms with E-state index in [0.717, 1.165) is 15.5 Å². The first-order valence-corrected chi connectivity index (χ1v) is 8.36. The molecule has 0 fully saturated rings. The Bertz CT molecular complexity index is 970. The first kappa shape index (κ1) is 15.6. The van der Waals surface area contributed by atoms with Crippen molar-refractivity contribution in [2.45, 2.75) is 24.4 Å². The third-order valence-corrected chi connectivity index (χ3v) is 4.89. The van der Waals surface area contributed by atoms with E-state index in [1.165, 1.54) is 17.2 Å². The second kappa shape index (κ2) is 6.08. The number of fused-ring (bicyclic) bond motifs is 1. The number of aromatic nitrogens is 4. The topological polar surface area (TPSA) is 61.8 Å². The summed E-state index contributed by atoms with van der Waals surface area (Å²) in [6, 6.07) is 10.1. The van der Waals surface area contributed by atoms with Gasteiger partial charge in [-0.3, -0.25) is 13.9 Å². The van der Waals surface area contributed by atoms with Crippen LogP contribution >= 0.6 is 11.8 Å². The van der Waals surface area contributed by atoms with Crippen LogP contribution in [0.3, 0.4) is 0 Å². The smallest absolute Gasteiger partial charge is 0.313 e. The van der Waals surface area contributed by atoms with Crippen LogP contribution in [0.1, 0.15) is 12.5 Å². The minimum Gasteiger partial charge on any atom is -0.313 e. The molecule has 0 atom stereocenters. The van der Waals surface area contributed by atoms with Gasteiger partial charge in [0, 0.05) is 26.4 Å². The van der Waals surface area contributed by atoms with Gasteiger partial charge in [-0.15, -0.1) is 0 Å². The molecule has 120 valence electrons. The second-order valence-corrected chi connectivity index (χ2v) is 6.23. The van der Waals surface area contributed by atoms with Gasteiger partial charge in [-0.25, -0.2) is 9.78 Å². The van der Waals surface area contributed by atoms with Crippen LogP contribution in [0.15, 0.2) is 45.1 Å². The molecule has 23 heavy (non-hydrogen) atoms. The minimum absolute atomic E-state index is 0.302. The summed E-state index contributed by atoms with van der Waals surface area (Å²) in [5, 5.41) is 0.754. The average molecular weight is 330 g/mol. The average Bonchev–Trinajstić information content (AvgIpc) is 2.96. The molecule has 1 aromatic carbocycles. The number of rotatable bonds is 4. The summed E-state index contributed by atoms with van der Waals surface area (Å²) in [4.78, 5) is 29.0. The van der Waals surface area contributed by atoms with Gasteiger partial charge in [-0.2, -0.15) is 0 Å². The monoisotopic (exact) mass is 330 g/mol. The van der Waals surface area contributed by atoms with Crippen molar-refractivity contribution in [1.29, 1.82) is 0 Å². The predicted molar refractivity (Wildman–Crippen MR) is 91.9 cm³/mol. The number of thioether (sulfide) groups is 1. The highest BCUT2D eigenvalue weighted by Crippen LogP contribution is 2.24. The minimum atomic E-state index is -0.358. The Balaban J connectivity index is 2.11. The van der Waals surface area contributed by atoms with Crippen molar-refractivity contribution >= 4 is 22.9 Å².